The lowest BCUT2D eigenvalue weighted by atomic mass is 10.2. The number of hydrogen-bond acceptors (Lipinski definition) is 4. The van der Waals surface area contributed by atoms with Crippen LogP contribution in [0.15, 0.2) is 35.8 Å². The van der Waals surface area contributed by atoms with Crippen LogP contribution in [0, 0.1) is 6.92 Å². The smallest absolute Gasteiger partial charge is 0.315 e. The molecule has 5 nitrogen and oxygen atoms in total. The van der Waals surface area contributed by atoms with Gasteiger partial charge >= 0.3 is 6.03 Å². The summed E-state index contributed by atoms with van der Waals surface area (Å²) in [6, 6.07) is 7.42. The SMILES string of the molecule is Cc1cccc(OCC(C)NC(=O)NC(C)c2nccs2)c1. The van der Waals surface area contributed by atoms with Crippen LogP contribution in [0.5, 0.6) is 5.75 Å². The number of thiazole rings is 1. The Morgan fingerprint density at radius 1 is 1.36 bits per heavy atom. The quantitative estimate of drug-likeness (QED) is 0.859. The second kappa shape index (κ2) is 7.79. The molecule has 2 rings (SSSR count). The Bertz CT molecular complexity index is 601. The Morgan fingerprint density at radius 3 is 2.86 bits per heavy atom. The molecule has 0 radical (unpaired) electrons. The number of amides is 2. The summed E-state index contributed by atoms with van der Waals surface area (Å²) < 4.78 is 5.67. The van der Waals surface area contributed by atoms with Crippen molar-refractivity contribution in [2.24, 2.45) is 0 Å². The van der Waals surface area contributed by atoms with Crippen LogP contribution in [-0.4, -0.2) is 23.7 Å². The number of nitrogens with zero attached hydrogens (tertiary/aromatic N) is 1. The molecule has 2 atom stereocenters. The monoisotopic (exact) mass is 319 g/mol. The Labute approximate surface area is 134 Å². The summed E-state index contributed by atoms with van der Waals surface area (Å²) in [5.74, 6) is 0.810. The van der Waals surface area contributed by atoms with E-state index in [0.717, 1.165) is 16.3 Å². The van der Waals surface area contributed by atoms with E-state index in [2.05, 4.69) is 15.6 Å². The highest BCUT2D eigenvalue weighted by Gasteiger charge is 2.13. The van der Waals surface area contributed by atoms with Gasteiger partial charge in [-0.1, -0.05) is 12.1 Å². The van der Waals surface area contributed by atoms with E-state index in [4.69, 9.17) is 4.74 Å². The average Bonchev–Trinajstić information content (AvgIpc) is 2.99. The molecule has 2 amide bonds. The van der Waals surface area contributed by atoms with E-state index >= 15 is 0 Å². The van der Waals surface area contributed by atoms with Crippen molar-refractivity contribution in [2.75, 3.05) is 6.61 Å². The molecular formula is C16H21N3O2S. The zero-order valence-electron chi connectivity index (χ0n) is 13.0. The number of ether oxygens (including phenoxy) is 1. The number of aromatic nitrogens is 1. The van der Waals surface area contributed by atoms with E-state index in [0.29, 0.717) is 6.61 Å². The van der Waals surface area contributed by atoms with Crippen LogP contribution in [0.3, 0.4) is 0 Å². The average molecular weight is 319 g/mol. The Morgan fingerprint density at radius 2 is 2.18 bits per heavy atom. The van der Waals surface area contributed by atoms with Crippen molar-refractivity contribution in [3.8, 4) is 5.75 Å². The number of hydrogen-bond donors (Lipinski definition) is 2. The topological polar surface area (TPSA) is 63.2 Å². The first-order valence-electron chi connectivity index (χ1n) is 7.20. The number of carbonyl (C=O) groups is 1. The van der Waals surface area contributed by atoms with Crippen LogP contribution >= 0.6 is 11.3 Å². The van der Waals surface area contributed by atoms with Crippen molar-refractivity contribution in [3.63, 3.8) is 0 Å². The summed E-state index contributed by atoms with van der Waals surface area (Å²) in [6.07, 6.45) is 1.73. The van der Waals surface area contributed by atoms with Gasteiger partial charge in [-0.25, -0.2) is 9.78 Å². The summed E-state index contributed by atoms with van der Waals surface area (Å²) >= 11 is 1.52. The van der Waals surface area contributed by atoms with Crippen LogP contribution in [0.4, 0.5) is 4.79 Å². The highest BCUT2D eigenvalue weighted by atomic mass is 32.1. The molecule has 0 bridgehead atoms. The lowest BCUT2D eigenvalue weighted by Crippen LogP contribution is -2.44. The van der Waals surface area contributed by atoms with E-state index in [-0.39, 0.29) is 18.1 Å². The predicted octanol–water partition coefficient (Wildman–Crippen LogP) is 3.28. The van der Waals surface area contributed by atoms with E-state index in [9.17, 15) is 4.79 Å². The van der Waals surface area contributed by atoms with Crippen LogP contribution < -0.4 is 15.4 Å². The van der Waals surface area contributed by atoms with Gasteiger partial charge < -0.3 is 15.4 Å². The Balaban J connectivity index is 1.74. The largest absolute Gasteiger partial charge is 0.491 e. The second-order valence-corrected chi connectivity index (χ2v) is 6.16. The van der Waals surface area contributed by atoms with Gasteiger partial charge in [-0.3, -0.25) is 0 Å². The van der Waals surface area contributed by atoms with Crippen molar-refractivity contribution in [2.45, 2.75) is 32.9 Å². The minimum absolute atomic E-state index is 0.0935. The van der Waals surface area contributed by atoms with Gasteiger partial charge in [0, 0.05) is 11.6 Å². The van der Waals surface area contributed by atoms with Crippen molar-refractivity contribution >= 4 is 17.4 Å². The summed E-state index contributed by atoms with van der Waals surface area (Å²) in [7, 11) is 0. The predicted molar refractivity (Wildman–Crippen MR) is 88.3 cm³/mol. The number of rotatable bonds is 6. The Kier molecular flexibility index (Phi) is 5.77. The van der Waals surface area contributed by atoms with Gasteiger partial charge in [-0.15, -0.1) is 11.3 Å². The number of benzene rings is 1. The molecule has 1 heterocycles. The van der Waals surface area contributed by atoms with Crippen LogP contribution in [0.25, 0.3) is 0 Å². The zero-order valence-corrected chi connectivity index (χ0v) is 13.8. The third-order valence-electron chi connectivity index (χ3n) is 3.04. The molecule has 2 unspecified atom stereocenters. The fraction of sp³-hybridized carbons (Fsp3) is 0.375. The van der Waals surface area contributed by atoms with Gasteiger partial charge in [0.15, 0.2) is 0 Å². The van der Waals surface area contributed by atoms with Crippen molar-refractivity contribution in [3.05, 3.63) is 46.4 Å². The maximum atomic E-state index is 11.9. The van der Waals surface area contributed by atoms with Gasteiger partial charge in [-0.2, -0.15) is 0 Å². The molecule has 22 heavy (non-hydrogen) atoms. The van der Waals surface area contributed by atoms with Crippen LogP contribution in [0.2, 0.25) is 0 Å². The molecule has 2 N–H and O–H groups in total. The van der Waals surface area contributed by atoms with E-state index in [1.54, 1.807) is 6.20 Å². The maximum Gasteiger partial charge on any atom is 0.315 e. The van der Waals surface area contributed by atoms with Gasteiger partial charge in [0.25, 0.3) is 0 Å². The normalized spacial score (nSPS) is 13.2. The Hall–Kier alpha value is -2.08. The second-order valence-electron chi connectivity index (χ2n) is 5.24. The summed E-state index contributed by atoms with van der Waals surface area (Å²) in [6.45, 7) is 6.25. The lowest BCUT2D eigenvalue weighted by molar-refractivity contribution is 0.224. The minimum atomic E-state index is -0.219. The van der Waals surface area contributed by atoms with Gasteiger partial charge in [0.05, 0.1) is 12.1 Å². The molecular weight excluding hydrogens is 298 g/mol. The molecule has 0 fully saturated rings. The van der Waals surface area contributed by atoms with E-state index in [1.807, 2.05) is 50.4 Å². The number of carbonyl (C=O) groups excluding carboxylic acids is 1. The molecule has 0 aliphatic carbocycles. The first kappa shape index (κ1) is 16.3. The molecule has 6 heteroatoms. The fourth-order valence-corrected chi connectivity index (χ4v) is 2.59. The first-order chi connectivity index (χ1) is 10.5. The molecule has 0 aliphatic heterocycles. The van der Waals surface area contributed by atoms with Crippen molar-refractivity contribution in [1.82, 2.24) is 15.6 Å². The van der Waals surface area contributed by atoms with E-state index < -0.39 is 0 Å². The molecule has 118 valence electrons. The molecule has 0 saturated carbocycles. The maximum absolute atomic E-state index is 11.9. The number of nitrogens with one attached hydrogen (secondary N) is 2. The van der Waals surface area contributed by atoms with Crippen LogP contribution in [0.1, 0.15) is 30.5 Å². The summed E-state index contributed by atoms with van der Waals surface area (Å²) in [4.78, 5) is 16.1. The molecule has 0 saturated heterocycles. The third kappa shape index (κ3) is 5.04. The molecule has 1 aromatic carbocycles. The van der Waals surface area contributed by atoms with Crippen LogP contribution in [-0.2, 0) is 0 Å². The number of urea groups is 1. The molecule has 1 aromatic heterocycles. The van der Waals surface area contributed by atoms with Crippen molar-refractivity contribution < 1.29 is 9.53 Å². The highest BCUT2D eigenvalue weighted by molar-refractivity contribution is 7.09. The zero-order chi connectivity index (χ0) is 15.9. The van der Waals surface area contributed by atoms with Gasteiger partial charge in [0.1, 0.15) is 17.4 Å². The third-order valence-corrected chi connectivity index (χ3v) is 3.99. The van der Waals surface area contributed by atoms with Gasteiger partial charge in [-0.05, 0) is 38.5 Å². The highest BCUT2D eigenvalue weighted by Crippen LogP contribution is 2.14. The lowest BCUT2D eigenvalue weighted by Gasteiger charge is -2.17. The molecule has 0 spiro atoms. The fourth-order valence-electron chi connectivity index (χ4n) is 1.94. The summed E-state index contributed by atoms with van der Waals surface area (Å²) in [5.41, 5.74) is 1.15. The first-order valence-corrected chi connectivity index (χ1v) is 8.08. The molecule has 2 aromatic rings. The summed E-state index contributed by atoms with van der Waals surface area (Å²) in [5, 5.41) is 8.50. The van der Waals surface area contributed by atoms with Gasteiger partial charge in [0.2, 0.25) is 0 Å². The number of aryl methyl sites for hydroxylation is 1. The minimum Gasteiger partial charge on any atom is -0.491 e. The standard InChI is InChI=1S/C16H21N3O2S/c1-11-5-4-6-14(9-11)21-10-12(2)18-16(20)19-13(3)15-17-7-8-22-15/h4-9,12-13H,10H2,1-3H3,(H2,18,19,20). The van der Waals surface area contributed by atoms with E-state index in [1.165, 1.54) is 11.3 Å². The molecule has 0 aliphatic rings. The van der Waals surface area contributed by atoms with Crippen molar-refractivity contribution in [1.29, 1.82) is 0 Å².